The Bertz CT molecular complexity index is 621. The number of benzene rings is 1. The third-order valence-corrected chi connectivity index (χ3v) is 3.58. The summed E-state index contributed by atoms with van der Waals surface area (Å²) < 4.78 is 23.2. The topological polar surface area (TPSA) is 76.4 Å². The molecule has 0 amide bonds. The first-order valence-corrected chi connectivity index (χ1v) is 6.02. The predicted octanol–water partition coefficient (Wildman–Crippen LogP) is 1.41. The maximum absolute atomic E-state index is 7.72. The zero-order valence-corrected chi connectivity index (χ0v) is 9.98. The van der Waals surface area contributed by atoms with Gasteiger partial charge in [0.05, 0.1) is 0 Å². The summed E-state index contributed by atoms with van der Waals surface area (Å²) in [6.45, 7) is -2.42. The van der Waals surface area contributed by atoms with E-state index in [1.165, 1.54) is 0 Å². The van der Waals surface area contributed by atoms with Gasteiger partial charge < -0.3 is 16.8 Å². The van der Waals surface area contributed by atoms with E-state index in [0.717, 1.165) is 17.7 Å². The van der Waals surface area contributed by atoms with Crippen LogP contribution in [0.3, 0.4) is 0 Å². The highest BCUT2D eigenvalue weighted by Crippen LogP contribution is 2.43. The summed E-state index contributed by atoms with van der Waals surface area (Å²) >= 11 is 0. The molecule has 18 heavy (non-hydrogen) atoms. The zero-order chi connectivity index (χ0) is 15.3. The molecule has 5 N–H and O–H groups in total. The Morgan fingerprint density at radius 2 is 2.22 bits per heavy atom. The van der Waals surface area contributed by atoms with E-state index in [2.05, 4.69) is 10.3 Å². The minimum Gasteiger partial charge on any atom is -0.370 e. The zero-order valence-electron chi connectivity index (χ0n) is 13.0. The molecule has 3 rings (SSSR count). The molecule has 0 fully saturated rings. The summed E-state index contributed by atoms with van der Waals surface area (Å²) in [5.74, 6) is 0.149. The minimum absolute atomic E-state index is 0.0650. The van der Waals surface area contributed by atoms with Crippen molar-refractivity contribution < 1.29 is 4.11 Å². The normalized spacial score (nSPS) is 33.9. The fraction of sp³-hybridized carbons (Fsp3) is 0.357. The number of aliphatic imine (C=N–C) groups is 1. The maximum Gasteiger partial charge on any atom is 0.195 e. The van der Waals surface area contributed by atoms with Crippen molar-refractivity contribution >= 4 is 5.96 Å². The van der Waals surface area contributed by atoms with Crippen LogP contribution in [0, 0.1) is 0 Å². The van der Waals surface area contributed by atoms with E-state index < -0.39 is 12.5 Å². The number of hydrogen-bond donors (Lipinski definition) is 3. The van der Waals surface area contributed by atoms with Crippen LogP contribution in [-0.4, -0.2) is 11.6 Å². The molecule has 4 heteroatoms. The first-order valence-electron chi connectivity index (χ1n) is 7.52. The monoisotopic (exact) mass is 245 g/mol. The molecule has 2 unspecified atom stereocenters. The van der Waals surface area contributed by atoms with Crippen molar-refractivity contribution in [2.75, 3.05) is 0 Å². The highest BCUT2D eigenvalue weighted by atomic mass is 15.2. The van der Waals surface area contributed by atoms with Gasteiger partial charge in [-0.25, -0.2) is 4.99 Å². The van der Waals surface area contributed by atoms with Crippen LogP contribution < -0.4 is 16.8 Å². The first kappa shape index (κ1) is 8.32. The van der Waals surface area contributed by atoms with Crippen LogP contribution in [0.1, 0.15) is 35.3 Å². The van der Waals surface area contributed by atoms with Gasteiger partial charge in [0.2, 0.25) is 0 Å². The quantitative estimate of drug-likeness (QED) is 0.700. The number of rotatable bonds is 1. The fourth-order valence-corrected chi connectivity index (χ4v) is 2.78. The average Bonchev–Trinajstić information content (AvgIpc) is 2.82. The average molecular weight is 245 g/mol. The van der Waals surface area contributed by atoms with Gasteiger partial charge in [-0.2, -0.15) is 0 Å². The van der Waals surface area contributed by atoms with E-state index in [0.29, 0.717) is 12.0 Å². The third-order valence-electron chi connectivity index (χ3n) is 3.58. The van der Waals surface area contributed by atoms with Gasteiger partial charge in [-0.1, -0.05) is 30.3 Å². The van der Waals surface area contributed by atoms with Gasteiger partial charge in [0, 0.05) is 15.7 Å². The minimum atomic E-state index is -2.42. The van der Waals surface area contributed by atoms with E-state index >= 15 is 0 Å². The Hall–Kier alpha value is -1.81. The Morgan fingerprint density at radius 1 is 1.44 bits per heavy atom. The van der Waals surface area contributed by atoms with Gasteiger partial charge in [0.15, 0.2) is 5.96 Å². The summed E-state index contributed by atoms with van der Waals surface area (Å²) in [5.41, 5.74) is 12.7. The van der Waals surface area contributed by atoms with Crippen LogP contribution in [0.4, 0.5) is 0 Å². The molecule has 0 spiro atoms. The number of nitrogens with zero attached hydrogens (tertiary/aromatic N) is 1. The summed E-state index contributed by atoms with van der Waals surface area (Å²) in [5, 5.41) is 3.03. The van der Waals surface area contributed by atoms with E-state index in [1.54, 1.807) is 0 Å². The summed E-state index contributed by atoms with van der Waals surface area (Å²) in [6.07, 6.45) is 1.41. The van der Waals surface area contributed by atoms with Gasteiger partial charge in [-0.15, -0.1) is 0 Å². The second-order valence-corrected chi connectivity index (χ2v) is 4.78. The van der Waals surface area contributed by atoms with Gasteiger partial charge in [0.1, 0.15) is 5.66 Å². The molecule has 2 aliphatic rings. The fourth-order valence-electron chi connectivity index (χ4n) is 2.78. The lowest BCUT2D eigenvalue weighted by atomic mass is 9.95. The van der Waals surface area contributed by atoms with Crippen molar-refractivity contribution in [3.63, 3.8) is 0 Å². The molecule has 94 valence electrons. The van der Waals surface area contributed by atoms with Crippen LogP contribution in [0.2, 0.25) is 0 Å². The smallest absolute Gasteiger partial charge is 0.195 e. The molecular formula is C14H18N4. The van der Waals surface area contributed by atoms with Crippen LogP contribution >= 0.6 is 0 Å². The molecule has 1 aliphatic heterocycles. The molecule has 0 saturated carbocycles. The summed E-state index contributed by atoms with van der Waals surface area (Å²) in [4.78, 5) is 4.00. The molecule has 1 aromatic carbocycles. The second kappa shape index (κ2) is 3.85. The van der Waals surface area contributed by atoms with Crippen molar-refractivity contribution in [3.05, 3.63) is 47.2 Å². The first-order chi connectivity index (χ1) is 9.83. The Labute approximate surface area is 111 Å². The lowest BCUT2D eigenvalue weighted by molar-refractivity contribution is 0.547. The highest BCUT2D eigenvalue weighted by Gasteiger charge is 2.38. The van der Waals surface area contributed by atoms with Crippen LogP contribution in [0.25, 0.3) is 0 Å². The number of nitrogens with two attached hydrogens (primary N) is 2. The molecular weight excluding hydrogens is 224 g/mol. The molecule has 2 atom stereocenters. The molecule has 0 radical (unpaired) electrons. The summed E-state index contributed by atoms with van der Waals surface area (Å²) in [7, 11) is 0. The van der Waals surface area contributed by atoms with Gasteiger partial charge in [0.25, 0.3) is 0 Å². The van der Waals surface area contributed by atoms with E-state index in [-0.39, 0.29) is 11.9 Å². The number of allylic oxidation sites excluding steroid dienone is 1. The molecule has 1 aliphatic carbocycles. The van der Waals surface area contributed by atoms with Crippen LogP contribution in [-0.2, 0) is 0 Å². The van der Waals surface area contributed by atoms with Crippen molar-refractivity contribution in [1.29, 1.82) is 0 Å². The standard InChI is InChI=1S/C14H18N4/c1-14(16)11-8-7-10(9-5-3-2-4-6-9)12(11)17-13(15)18-14/h2-6,10H,7-8,16H2,1H3,(H3,15,17,18)/i1D3. The molecule has 0 bridgehead atoms. The summed E-state index contributed by atoms with van der Waals surface area (Å²) in [6, 6.07) is 9.93. The van der Waals surface area contributed by atoms with Gasteiger partial charge in [-0.3, -0.25) is 0 Å². The van der Waals surface area contributed by atoms with Gasteiger partial charge >= 0.3 is 0 Å². The number of nitrogens with one attached hydrogen (secondary N) is 1. The molecule has 0 aromatic heterocycles. The molecule has 4 nitrogen and oxygen atoms in total. The van der Waals surface area contributed by atoms with Gasteiger partial charge in [-0.05, 0) is 30.8 Å². The number of hydrogen-bond acceptors (Lipinski definition) is 4. The largest absolute Gasteiger partial charge is 0.370 e. The predicted molar refractivity (Wildman–Crippen MR) is 72.8 cm³/mol. The van der Waals surface area contributed by atoms with Crippen molar-refractivity contribution in [2.24, 2.45) is 16.5 Å². The Morgan fingerprint density at radius 3 is 2.94 bits per heavy atom. The maximum atomic E-state index is 7.72. The van der Waals surface area contributed by atoms with E-state index in [4.69, 9.17) is 15.6 Å². The number of guanidine groups is 1. The highest BCUT2D eigenvalue weighted by molar-refractivity contribution is 5.82. The Kier molecular flexibility index (Phi) is 1.78. The van der Waals surface area contributed by atoms with Crippen molar-refractivity contribution in [3.8, 4) is 0 Å². The van der Waals surface area contributed by atoms with Crippen molar-refractivity contribution in [2.45, 2.75) is 31.3 Å². The molecule has 0 saturated heterocycles. The second-order valence-electron chi connectivity index (χ2n) is 4.78. The molecule has 1 heterocycles. The lowest BCUT2D eigenvalue weighted by Crippen LogP contribution is -2.47. The van der Waals surface area contributed by atoms with Crippen molar-refractivity contribution in [1.82, 2.24) is 5.32 Å². The third kappa shape index (κ3) is 1.69. The lowest BCUT2D eigenvalue weighted by Gasteiger charge is -2.30. The van der Waals surface area contributed by atoms with Crippen LogP contribution in [0.5, 0.6) is 0 Å². The Balaban J connectivity index is 2.07. The van der Waals surface area contributed by atoms with E-state index in [9.17, 15) is 0 Å². The SMILES string of the molecule is [2H]C([2H])([2H])C1(N)N=C(N)NC2=C1CCC2c1ccccc1. The molecule has 1 aromatic rings. The van der Waals surface area contributed by atoms with E-state index in [1.807, 2.05) is 30.3 Å². The van der Waals surface area contributed by atoms with Crippen LogP contribution in [0.15, 0.2) is 46.6 Å².